The molecule has 3 rings (SSSR count). The first kappa shape index (κ1) is 14.9. The number of benzene rings is 2. The highest BCUT2D eigenvalue weighted by Crippen LogP contribution is 2.50. The standard InChI is InChI=1S/C17H15ClFNO2/c1-22-16-7-6-10(8-15(16)19)20-17(21)13-9-12(13)11-4-2-3-5-14(11)18/h2-8,12-13H,9H2,1H3,(H,20,21). The van der Waals surface area contributed by atoms with Crippen molar-refractivity contribution in [3.05, 3.63) is 58.9 Å². The molecule has 0 heterocycles. The van der Waals surface area contributed by atoms with Crippen LogP contribution in [0.4, 0.5) is 10.1 Å². The average Bonchev–Trinajstić information content (AvgIpc) is 3.28. The number of carbonyl (C=O) groups is 1. The van der Waals surface area contributed by atoms with Crippen LogP contribution in [0.1, 0.15) is 17.9 Å². The molecule has 5 heteroatoms. The van der Waals surface area contributed by atoms with E-state index in [0.717, 1.165) is 12.0 Å². The van der Waals surface area contributed by atoms with E-state index in [1.54, 1.807) is 6.07 Å². The Morgan fingerprint density at radius 2 is 2.09 bits per heavy atom. The number of nitrogens with one attached hydrogen (secondary N) is 1. The van der Waals surface area contributed by atoms with Crippen LogP contribution in [-0.4, -0.2) is 13.0 Å². The summed E-state index contributed by atoms with van der Waals surface area (Å²) in [6, 6.07) is 11.9. The van der Waals surface area contributed by atoms with E-state index in [9.17, 15) is 9.18 Å². The van der Waals surface area contributed by atoms with E-state index >= 15 is 0 Å². The lowest BCUT2D eigenvalue weighted by molar-refractivity contribution is -0.117. The van der Waals surface area contributed by atoms with Crippen LogP contribution in [0.2, 0.25) is 5.02 Å². The van der Waals surface area contributed by atoms with Gasteiger partial charge in [-0.25, -0.2) is 4.39 Å². The molecule has 1 fully saturated rings. The molecule has 0 saturated heterocycles. The van der Waals surface area contributed by atoms with Crippen molar-refractivity contribution in [2.24, 2.45) is 5.92 Å². The number of hydrogen-bond donors (Lipinski definition) is 1. The van der Waals surface area contributed by atoms with E-state index < -0.39 is 5.82 Å². The number of anilines is 1. The predicted molar refractivity (Wildman–Crippen MR) is 83.9 cm³/mol. The largest absolute Gasteiger partial charge is 0.494 e. The van der Waals surface area contributed by atoms with Gasteiger partial charge in [-0.3, -0.25) is 4.79 Å². The van der Waals surface area contributed by atoms with Gasteiger partial charge in [0, 0.05) is 22.7 Å². The maximum Gasteiger partial charge on any atom is 0.228 e. The predicted octanol–water partition coefficient (Wildman–Crippen LogP) is 4.23. The lowest BCUT2D eigenvalue weighted by Gasteiger charge is -2.08. The number of carbonyl (C=O) groups excluding carboxylic acids is 1. The Labute approximate surface area is 133 Å². The van der Waals surface area contributed by atoms with E-state index in [4.69, 9.17) is 16.3 Å². The lowest BCUT2D eigenvalue weighted by Crippen LogP contribution is -2.14. The minimum absolute atomic E-state index is 0.116. The van der Waals surface area contributed by atoms with Crippen molar-refractivity contribution >= 4 is 23.2 Å². The zero-order valence-electron chi connectivity index (χ0n) is 12.0. The van der Waals surface area contributed by atoms with Crippen molar-refractivity contribution in [2.75, 3.05) is 12.4 Å². The summed E-state index contributed by atoms with van der Waals surface area (Å²) >= 11 is 6.15. The van der Waals surface area contributed by atoms with Gasteiger partial charge in [-0.1, -0.05) is 29.8 Å². The van der Waals surface area contributed by atoms with Crippen molar-refractivity contribution in [2.45, 2.75) is 12.3 Å². The molecule has 2 aromatic carbocycles. The van der Waals surface area contributed by atoms with Gasteiger partial charge in [0.2, 0.25) is 5.91 Å². The third-order valence-corrected chi connectivity index (χ3v) is 4.20. The van der Waals surface area contributed by atoms with Crippen molar-refractivity contribution in [1.82, 2.24) is 0 Å². The normalized spacial score (nSPS) is 19.6. The first-order valence-electron chi connectivity index (χ1n) is 6.99. The molecule has 1 aliphatic carbocycles. The molecule has 0 spiro atoms. The molecule has 2 aromatic rings. The van der Waals surface area contributed by atoms with Crippen LogP contribution < -0.4 is 10.1 Å². The lowest BCUT2D eigenvalue weighted by atomic mass is 10.1. The zero-order valence-corrected chi connectivity index (χ0v) is 12.7. The summed E-state index contributed by atoms with van der Waals surface area (Å²) in [4.78, 5) is 12.2. The van der Waals surface area contributed by atoms with Crippen LogP contribution in [-0.2, 0) is 4.79 Å². The number of hydrogen-bond acceptors (Lipinski definition) is 2. The Bertz CT molecular complexity index is 720. The van der Waals surface area contributed by atoms with Gasteiger partial charge in [-0.2, -0.15) is 0 Å². The van der Waals surface area contributed by atoms with E-state index in [-0.39, 0.29) is 23.5 Å². The van der Waals surface area contributed by atoms with Crippen molar-refractivity contribution in [3.63, 3.8) is 0 Å². The third-order valence-electron chi connectivity index (χ3n) is 3.85. The van der Waals surface area contributed by atoms with Crippen LogP contribution in [0.3, 0.4) is 0 Å². The van der Waals surface area contributed by atoms with Gasteiger partial charge in [0.15, 0.2) is 11.6 Å². The summed E-state index contributed by atoms with van der Waals surface area (Å²) in [6.07, 6.45) is 0.758. The van der Waals surface area contributed by atoms with Gasteiger partial charge >= 0.3 is 0 Å². The summed E-state index contributed by atoms with van der Waals surface area (Å²) in [5.41, 5.74) is 1.42. The molecule has 0 aliphatic heterocycles. The molecule has 1 amide bonds. The summed E-state index contributed by atoms with van der Waals surface area (Å²) in [7, 11) is 1.40. The first-order valence-corrected chi connectivity index (χ1v) is 7.36. The minimum atomic E-state index is -0.501. The number of amides is 1. The average molecular weight is 320 g/mol. The van der Waals surface area contributed by atoms with Crippen LogP contribution >= 0.6 is 11.6 Å². The van der Waals surface area contributed by atoms with E-state index in [1.807, 2.05) is 24.3 Å². The van der Waals surface area contributed by atoms with Crippen LogP contribution in [0.15, 0.2) is 42.5 Å². The number of methoxy groups -OCH3 is 1. The fraction of sp³-hybridized carbons (Fsp3) is 0.235. The summed E-state index contributed by atoms with van der Waals surface area (Å²) < 4.78 is 18.5. The van der Waals surface area contributed by atoms with Gasteiger partial charge in [-0.15, -0.1) is 0 Å². The molecule has 2 unspecified atom stereocenters. The Balaban J connectivity index is 1.67. The molecule has 22 heavy (non-hydrogen) atoms. The SMILES string of the molecule is COc1ccc(NC(=O)C2CC2c2ccccc2Cl)cc1F. The van der Waals surface area contributed by atoms with Crippen LogP contribution in [0.25, 0.3) is 0 Å². The maximum atomic E-state index is 13.6. The van der Waals surface area contributed by atoms with E-state index in [1.165, 1.54) is 19.2 Å². The second-order valence-corrected chi connectivity index (χ2v) is 5.72. The van der Waals surface area contributed by atoms with E-state index in [0.29, 0.717) is 10.7 Å². The smallest absolute Gasteiger partial charge is 0.228 e. The fourth-order valence-electron chi connectivity index (χ4n) is 2.58. The second-order valence-electron chi connectivity index (χ2n) is 5.31. The molecule has 0 radical (unpaired) electrons. The van der Waals surface area contributed by atoms with Crippen molar-refractivity contribution in [1.29, 1.82) is 0 Å². The van der Waals surface area contributed by atoms with Gasteiger partial charge < -0.3 is 10.1 Å². The Morgan fingerprint density at radius 3 is 2.77 bits per heavy atom. The highest BCUT2D eigenvalue weighted by molar-refractivity contribution is 6.31. The maximum absolute atomic E-state index is 13.6. The Hall–Kier alpha value is -2.07. The quantitative estimate of drug-likeness (QED) is 0.915. The molecular formula is C17H15ClFNO2. The summed E-state index contributed by atoms with van der Waals surface area (Å²) in [5, 5.41) is 3.42. The molecule has 114 valence electrons. The topological polar surface area (TPSA) is 38.3 Å². The fourth-order valence-corrected chi connectivity index (χ4v) is 2.86. The molecule has 1 aliphatic rings. The number of rotatable bonds is 4. The molecule has 1 N–H and O–H groups in total. The van der Waals surface area contributed by atoms with Crippen molar-refractivity contribution in [3.8, 4) is 5.75 Å². The first-order chi connectivity index (χ1) is 10.6. The van der Waals surface area contributed by atoms with Gasteiger partial charge in [0.1, 0.15) is 0 Å². The molecule has 1 saturated carbocycles. The molecular weight excluding hydrogens is 305 g/mol. The molecule has 2 atom stereocenters. The Kier molecular flexibility index (Phi) is 4.03. The highest BCUT2D eigenvalue weighted by Gasteiger charge is 2.44. The van der Waals surface area contributed by atoms with Gasteiger partial charge in [-0.05, 0) is 36.1 Å². The molecule has 3 nitrogen and oxygen atoms in total. The Morgan fingerprint density at radius 1 is 1.32 bits per heavy atom. The van der Waals surface area contributed by atoms with Gasteiger partial charge in [0.25, 0.3) is 0 Å². The monoisotopic (exact) mass is 319 g/mol. The minimum Gasteiger partial charge on any atom is -0.494 e. The number of ether oxygens (including phenoxy) is 1. The van der Waals surface area contributed by atoms with Crippen molar-refractivity contribution < 1.29 is 13.9 Å². The summed E-state index contributed by atoms with van der Waals surface area (Å²) in [5.74, 6) is -0.450. The summed E-state index contributed by atoms with van der Waals surface area (Å²) in [6.45, 7) is 0. The van der Waals surface area contributed by atoms with Crippen LogP contribution in [0, 0.1) is 11.7 Å². The second kappa shape index (κ2) is 5.97. The number of halogens is 2. The van der Waals surface area contributed by atoms with E-state index in [2.05, 4.69) is 5.32 Å². The van der Waals surface area contributed by atoms with Crippen LogP contribution in [0.5, 0.6) is 5.75 Å². The molecule has 0 aromatic heterocycles. The van der Waals surface area contributed by atoms with Gasteiger partial charge in [0.05, 0.1) is 7.11 Å². The highest BCUT2D eigenvalue weighted by atomic mass is 35.5. The third kappa shape index (κ3) is 2.92. The zero-order chi connectivity index (χ0) is 15.7. The molecule has 0 bridgehead atoms.